The zero-order valence-electron chi connectivity index (χ0n) is 11.5. The number of halogens is 1. The number of carbonyl (C=O) groups is 2. The summed E-state index contributed by atoms with van der Waals surface area (Å²) in [5.74, 6) is -0.748. The Morgan fingerprint density at radius 1 is 1.52 bits per heavy atom. The van der Waals surface area contributed by atoms with Crippen LogP contribution in [-0.4, -0.2) is 39.1 Å². The maximum atomic E-state index is 12.4. The Hall–Kier alpha value is -0.980. The molecule has 0 bridgehead atoms. The number of hydrogen-bond donors (Lipinski definition) is 1. The molecule has 0 aromatic carbocycles. The highest BCUT2D eigenvalue weighted by Crippen LogP contribution is 2.32. The molecule has 2 rings (SSSR count). The number of amides is 1. The lowest BCUT2D eigenvalue weighted by atomic mass is 10.2. The number of carboxylic acid groups (broad SMARTS) is 1. The predicted octanol–water partition coefficient (Wildman–Crippen LogP) is 3.57. The Morgan fingerprint density at radius 3 is 2.86 bits per heavy atom. The Bertz CT molecular complexity index is 558. The molecule has 1 saturated heterocycles. The fourth-order valence-corrected chi connectivity index (χ4v) is 4.66. The van der Waals surface area contributed by atoms with E-state index >= 15 is 0 Å². The van der Waals surface area contributed by atoms with E-state index in [1.165, 1.54) is 34.1 Å². The third kappa shape index (κ3) is 4.02. The second-order valence-electron chi connectivity index (χ2n) is 4.65. The minimum absolute atomic E-state index is 0.0554. The quantitative estimate of drug-likeness (QED) is 0.829. The maximum Gasteiger partial charge on any atom is 0.327 e. The number of hydrogen-bond acceptors (Lipinski definition) is 4. The summed E-state index contributed by atoms with van der Waals surface area (Å²) in [5.41, 5.74) is 0. The molecule has 0 spiro atoms. The number of thiophene rings is 1. The molecule has 1 aliphatic rings. The van der Waals surface area contributed by atoms with Crippen molar-refractivity contribution < 1.29 is 14.7 Å². The zero-order valence-corrected chi connectivity index (χ0v) is 13.9. The Balaban J connectivity index is 2.12. The zero-order chi connectivity index (χ0) is 15.4. The summed E-state index contributed by atoms with van der Waals surface area (Å²) in [6.45, 7) is 2.03. The Morgan fingerprint density at radius 2 is 2.29 bits per heavy atom. The third-order valence-electron chi connectivity index (χ3n) is 3.15. The molecule has 1 N–H and O–H groups in total. The van der Waals surface area contributed by atoms with Gasteiger partial charge in [-0.25, -0.2) is 4.79 Å². The first kappa shape index (κ1) is 16.4. The summed E-state index contributed by atoms with van der Waals surface area (Å²) in [7, 11) is 0. The monoisotopic (exact) mass is 345 g/mol. The van der Waals surface area contributed by atoms with E-state index in [1.54, 1.807) is 12.1 Å². The normalized spacial score (nSPS) is 22.1. The van der Waals surface area contributed by atoms with Gasteiger partial charge in [0.1, 0.15) is 6.04 Å². The Labute approximate surface area is 136 Å². The van der Waals surface area contributed by atoms with Crippen molar-refractivity contribution in [3.05, 3.63) is 27.4 Å². The molecule has 1 amide bonds. The van der Waals surface area contributed by atoms with E-state index < -0.39 is 12.0 Å². The van der Waals surface area contributed by atoms with Crippen LogP contribution in [0.1, 0.15) is 24.6 Å². The van der Waals surface area contributed by atoms with Crippen LogP contribution in [-0.2, 0) is 9.59 Å². The molecule has 0 aliphatic carbocycles. The maximum absolute atomic E-state index is 12.4. The highest BCUT2D eigenvalue weighted by Gasteiger charge is 2.40. The lowest BCUT2D eigenvalue weighted by Gasteiger charge is -2.25. The van der Waals surface area contributed by atoms with Crippen molar-refractivity contribution in [3.8, 4) is 0 Å². The number of aliphatic carboxylic acids is 1. The molecule has 21 heavy (non-hydrogen) atoms. The average molecular weight is 346 g/mol. The van der Waals surface area contributed by atoms with E-state index in [9.17, 15) is 14.7 Å². The highest BCUT2D eigenvalue weighted by molar-refractivity contribution is 8.00. The second-order valence-corrected chi connectivity index (χ2v) is 7.61. The van der Waals surface area contributed by atoms with Crippen molar-refractivity contribution in [2.75, 3.05) is 5.75 Å². The number of carbonyl (C=O) groups excluding carboxylic acids is 1. The largest absolute Gasteiger partial charge is 0.480 e. The van der Waals surface area contributed by atoms with Crippen molar-refractivity contribution in [2.24, 2.45) is 0 Å². The van der Waals surface area contributed by atoms with Crippen LogP contribution in [0.4, 0.5) is 0 Å². The topological polar surface area (TPSA) is 57.6 Å². The number of carboxylic acids is 1. The van der Waals surface area contributed by atoms with Crippen LogP contribution in [0.25, 0.3) is 6.08 Å². The van der Waals surface area contributed by atoms with Crippen LogP contribution in [0, 0.1) is 0 Å². The molecule has 2 heterocycles. The summed E-state index contributed by atoms with van der Waals surface area (Å²) in [6.07, 6.45) is 4.84. The van der Waals surface area contributed by atoms with E-state index in [0.717, 1.165) is 17.7 Å². The van der Waals surface area contributed by atoms with Gasteiger partial charge in [-0.15, -0.1) is 23.1 Å². The minimum Gasteiger partial charge on any atom is -0.480 e. The molecule has 1 fully saturated rings. The lowest BCUT2D eigenvalue weighted by molar-refractivity contribution is -0.147. The highest BCUT2D eigenvalue weighted by atomic mass is 35.5. The molecule has 2 unspecified atom stereocenters. The Kier molecular flexibility index (Phi) is 5.72. The summed E-state index contributed by atoms with van der Waals surface area (Å²) in [5, 5.41) is 9.21. The molecule has 1 aliphatic heterocycles. The van der Waals surface area contributed by atoms with Gasteiger partial charge in [-0.05, 0) is 24.6 Å². The molecule has 1 aromatic heterocycles. The molecule has 2 atom stereocenters. The van der Waals surface area contributed by atoms with Crippen LogP contribution in [0.2, 0.25) is 4.34 Å². The van der Waals surface area contributed by atoms with Gasteiger partial charge in [0.15, 0.2) is 0 Å². The molecule has 1 aromatic rings. The first-order chi connectivity index (χ1) is 10.0. The second kappa shape index (κ2) is 7.33. The van der Waals surface area contributed by atoms with Gasteiger partial charge in [-0.3, -0.25) is 4.79 Å². The summed E-state index contributed by atoms with van der Waals surface area (Å²) in [4.78, 5) is 26.0. The van der Waals surface area contributed by atoms with Crippen molar-refractivity contribution in [3.63, 3.8) is 0 Å². The molecule has 0 radical (unpaired) electrons. The predicted molar refractivity (Wildman–Crippen MR) is 87.8 cm³/mol. The number of rotatable bonds is 5. The molecule has 7 heteroatoms. The number of thioether (sulfide) groups is 1. The fraction of sp³-hybridized carbons (Fsp3) is 0.429. The van der Waals surface area contributed by atoms with E-state index in [0.29, 0.717) is 10.1 Å². The fourth-order valence-electron chi connectivity index (χ4n) is 2.18. The van der Waals surface area contributed by atoms with E-state index in [1.807, 2.05) is 13.0 Å². The van der Waals surface area contributed by atoms with Crippen LogP contribution in [0.3, 0.4) is 0 Å². The van der Waals surface area contributed by atoms with Crippen LogP contribution in [0.5, 0.6) is 0 Å². The van der Waals surface area contributed by atoms with Gasteiger partial charge in [0.2, 0.25) is 5.91 Å². The van der Waals surface area contributed by atoms with Gasteiger partial charge in [0, 0.05) is 16.7 Å². The van der Waals surface area contributed by atoms with Gasteiger partial charge in [-0.1, -0.05) is 24.9 Å². The van der Waals surface area contributed by atoms with E-state index in [4.69, 9.17) is 11.6 Å². The first-order valence-corrected chi connectivity index (χ1v) is 8.87. The first-order valence-electron chi connectivity index (χ1n) is 6.63. The SMILES string of the molecule is CCCC1SCC(C(=O)O)N1C(=O)C=Cc1ccc(Cl)s1. The van der Waals surface area contributed by atoms with Crippen molar-refractivity contribution >= 4 is 52.7 Å². The molecule has 0 saturated carbocycles. The van der Waals surface area contributed by atoms with Crippen molar-refractivity contribution in [2.45, 2.75) is 31.2 Å². The summed E-state index contributed by atoms with van der Waals surface area (Å²) < 4.78 is 0.658. The standard InChI is InChI=1S/C14H16ClNO3S2/c1-2-3-13-16(10(8-20-13)14(18)19)12(17)7-5-9-4-6-11(15)21-9/h4-7,10,13H,2-3,8H2,1H3,(H,18,19). The van der Waals surface area contributed by atoms with Crippen molar-refractivity contribution in [1.82, 2.24) is 4.90 Å². The molecular formula is C14H16ClNO3S2. The third-order valence-corrected chi connectivity index (χ3v) is 5.70. The minimum atomic E-state index is -0.943. The summed E-state index contributed by atoms with van der Waals surface area (Å²) >= 11 is 8.75. The number of nitrogens with zero attached hydrogens (tertiary/aromatic N) is 1. The van der Waals surface area contributed by atoms with Gasteiger partial charge < -0.3 is 10.0 Å². The van der Waals surface area contributed by atoms with E-state index in [-0.39, 0.29) is 11.3 Å². The van der Waals surface area contributed by atoms with Gasteiger partial charge in [0.25, 0.3) is 0 Å². The average Bonchev–Trinajstić information content (AvgIpc) is 3.03. The van der Waals surface area contributed by atoms with Crippen molar-refractivity contribution in [1.29, 1.82) is 0 Å². The van der Waals surface area contributed by atoms with Gasteiger partial charge >= 0.3 is 5.97 Å². The smallest absolute Gasteiger partial charge is 0.327 e. The van der Waals surface area contributed by atoms with Gasteiger partial charge in [0.05, 0.1) is 9.71 Å². The van der Waals surface area contributed by atoms with Crippen LogP contribution >= 0.6 is 34.7 Å². The molecule has 4 nitrogen and oxygen atoms in total. The van der Waals surface area contributed by atoms with E-state index in [2.05, 4.69) is 0 Å². The lowest BCUT2D eigenvalue weighted by Crippen LogP contribution is -2.44. The summed E-state index contributed by atoms with van der Waals surface area (Å²) in [6, 6.07) is 2.85. The van der Waals surface area contributed by atoms with Gasteiger partial charge in [-0.2, -0.15) is 0 Å². The van der Waals surface area contributed by atoms with Crippen LogP contribution < -0.4 is 0 Å². The van der Waals surface area contributed by atoms with Crippen LogP contribution in [0.15, 0.2) is 18.2 Å². The molecular weight excluding hydrogens is 330 g/mol. The molecule has 114 valence electrons.